The number of aliphatic hydroxyl groups is 1. The summed E-state index contributed by atoms with van der Waals surface area (Å²) in [6.45, 7) is 6.38. The van der Waals surface area contributed by atoms with E-state index in [0.717, 1.165) is 22.3 Å². The number of hydrogen-bond donors (Lipinski definition) is 1. The molecule has 0 bridgehead atoms. The van der Waals surface area contributed by atoms with Gasteiger partial charge in [-0.25, -0.2) is 4.98 Å². The largest absolute Gasteiger partial charge is 0.472 e. The number of fused-ring (bicyclic) bond motifs is 1. The lowest BCUT2D eigenvalue weighted by atomic mass is 9.99. The highest BCUT2D eigenvalue weighted by molar-refractivity contribution is 5.98. The molecule has 0 fully saturated rings. The number of carbonyl (C=O) groups is 2. The van der Waals surface area contributed by atoms with Crippen LogP contribution >= 0.6 is 0 Å². The molecule has 37 heavy (non-hydrogen) atoms. The fourth-order valence-electron chi connectivity index (χ4n) is 4.41. The van der Waals surface area contributed by atoms with Gasteiger partial charge < -0.3 is 19.6 Å². The molecule has 0 unspecified atom stereocenters. The van der Waals surface area contributed by atoms with Crippen LogP contribution in [0.2, 0.25) is 0 Å². The van der Waals surface area contributed by atoms with Gasteiger partial charge in [0.1, 0.15) is 11.7 Å². The molecule has 3 heterocycles. The number of likely N-dealkylation sites (N-methyl/N-ethyl adjacent to an activating group) is 1. The summed E-state index contributed by atoms with van der Waals surface area (Å²) in [6.07, 6.45) is 4.91. The summed E-state index contributed by atoms with van der Waals surface area (Å²) in [4.78, 5) is 38.5. The number of ether oxygens (including phenoxy) is 1. The van der Waals surface area contributed by atoms with Crippen molar-refractivity contribution in [3.63, 3.8) is 0 Å². The number of aliphatic hydroxyl groups excluding tert-OH is 1. The summed E-state index contributed by atoms with van der Waals surface area (Å²) in [6, 6.07) is 13.1. The first-order chi connectivity index (χ1) is 17.8. The Hall–Kier alpha value is -3.78. The maximum absolute atomic E-state index is 13.6. The maximum atomic E-state index is 13.6. The Labute approximate surface area is 217 Å². The van der Waals surface area contributed by atoms with Gasteiger partial charge in [0.15, 0.2) is 0 Å². The minimum atomic E-state index is -0.402. The smallest absolute Gasteiger partial charge is 0.259 e. The van der Waals surface area contributed by atoms with E-state index >= 15 is 0 Å². The van der Waals surface area contributed by atoms with Gasteiger partial charge in [0.2, 0.25) is 11.8 Å². The summed E-state index contributed by atoms with van der Waals surface area (Å²) in [5, 5.41) is 9.89. The lowest BCUT2D eigenvalue weighted by molar-refractivity contribution is -0.130. The number of amides is 2. The van der Waals surface area contributed by atoms with E-state index in [1.54, 1.807) is 41.5 Å². The van der Waals surface area contributed by atoms with Gasteiger partial charge in [0, 0.05) is 43.7 Å². The Balaban J connectivity index is 1.63. The molecule has 2 amide bonds. The molecule has 1 aliphatic heterocycles. The molecule has 4 rings (SSSR count). The molecular weight excluding hydrogens is 468 g/mol. The molecule has 8 heteroatoms. The topological polar surface area (TPSA) is 95.9 Å². The number of rotatable bonds is 7. The van der Waals surface area contributed by atoms with E-state index in [-0.39, 0.29) is 42.7 Å². The normalized spacial score (nSPS) is 18.3. The van der Waals surface area contributed by atoms with Gasteiger partial charge in [-0.1, -0.05) is 42.8 Å². The van der Waals surface area contributed by atoms with Crippen molar-refractivity contribution < 1.29 is 19.4 Å². The molecule has 1 aromatic carbocycles. The number of aryl methyl sites for hydroxylation is 1. The lowest BCUT2D eigenvalue weighted by Crippen LogP contribution is -2.50. The third-order valence-corrected chi connectivity index (χ3v) is 6.86. The minimum absolute atomic E-state index is 0.0505. The van der Waals surface area contributed by atoms with E-state index in [1.165, 1.54) is 0 Å². The Morgan fingerprint density at radius 1 is 1.22 bits per heavy atom. The van der Waals surface area contributed by atoms with Gasteiger partial charge in [0.25, 0.3) is 5.91 Å². The summed E-state index contributed by atoms with van der Waals surface area (Å²) in [5.74, 6) is -0.159. The summed E-state index contributed by atoms with van der Waals surface area (Å²) < 4.78 is 6.33. The average molecular weight is 503 g/mol. The van der Waals surface area contributed by atoms with Crippen LogP contribution in [0.25, 0.3) is 11.1 Å². The molecule has 194 valence electrons. The molecule has 0 saturated heterocycles. The van der Waals surface area contributed by atoms with Crippen molar-refractivity contribution in [2.45, 2.75) is 39.3 Å². The van der Waals surface area contributed by atoms with Crippen molar-refractivity contribution in [3.8, 4) is 17.0 Å². The number of hydrogen-bond acceptors (Lipinski definition) is 6. The highest BCUT2D eigenvalue weighted by atomic mass is 16.5. The van der Waals surface area contributed by atoms with E-state index in [4.69, 9.17) is 4.74 Å². The molecular formula is C29H34N4O4. The molecule has 3 atom stereocenters. The van der Waals surface area contributed by atoms with Gasteiger partial charge in [-0.3, -0.25) is 14.6 Å². The Morgan fingerprint density at radius 3 is 2.65 bits per heavy atom. The van der Waals surface area contributed by atoms with E-state index in [2.05, 4.69) is 9.97 Å². The molecule has 8 nitrogen and oxygen atoms in total. The van der Waals surface area contributed by atoms with Crippen LogP contribution in [0.5, 0.6) is 5.88 Å². The molecule has 0 aliphatic carbocycles. The predicted molar refractivity (Wildman–Crippen MR) is 141 cm³/mol. The Bertz CT molecular complexity index is 1230. The van der Waals surface area contributed by atoms with E-state index in [1.807, 2.05) is 57.2 Å². The average Bonchev–Trinajstić information content (AvgIpc) is 2.91. The second-order valence-corrected chi connectivity index (χ2v) is 9.88. The number of nitrogens with zero attached hydrogens (tertiary/aromatic N) is 4. The molecule has 1 aliphatic rings. The first-order valence-electron chi connectivity index (χ1n) is 12.5. The van der Waals surface area contributed by atoms with E-state index < -0.39 is 6.10 Å². The van der Waals surface area contributed by atoms with Crippen molar-refractivity contribution in [3.05, 3.63) is 77.7 Å². The predicted octanol–water partition coefficient (Wildman–Crippen LogP) is 3.37. The monoisotopic (exact) mass is 502 g/mol. The van der Waals surface area contributed by atoms with Crippen LogP contribution in [0.1, 0.15) is 35.3 Å². The first kappa shape index (κ1) is 26.3. The van der Waals surface area contributed by atoms with Gasteiger partial charge in [-0.05, 0) is 37.1 Å². The fourth-order valence-corrected chi connectivity index (χ4v) is 4.41. The Kier molecular flexibility index (Phi) is 8.18. The molecule has 3 aromatic rings. The van der Waals surface area contributed by atoms with Crippen LogP contribution in [0, 0.1) is 12.8 Å². The first-order valence-corrected chi connectivity index (χ1v) is 12.5. The van der Waals surface area contributed by atoms with E-state index in [9.17, 15) is 14.7 Å². The quantitative estimate of drug-likeness (QED) is 0.532. The fraction of sp³-hybridized carbons (Fsp3) is 0.379. The van der Waals surface area contributed by atoms with Gasteiger partial charge in [-0.2, -0.15) is 0 Å². The molecule has 1 N–H and O–H groups in total. The summed E-state index contributed by atoms with van der Waals surface area (Å²) in [7, 11) is 1.75. The van der Waals surface area contributed by atoms with Crippen molar-refractivity contribution >= 4 is 11.8 Å². The zero-order valence-corrected chi connectivity index (χ0v) is 21.8. The van der Waals surface area contributed by atoms with Crippen LogP contribution in [-0.4, -0.2) is 75.6 Å². The van der Waals surface area contributed by atoms with Crippen LogP contribution in [0.4, 0.5) is 0 Å². The van der Waals surface area contributed by atoms with Crippen molar-refractivity contribution in [1.29, 1.82) is 0 Å². The zero-order chi connectivity index (χ0) is 26.5. The third-order valence-electron chi connectivity index (χ3n) is 6.86. The molecule has 0 spiro atoms. The minimum Gasteiger partial charge on any atom is -0.472 e. The highest BCUT2D eigenvalue weighted by Crippen LogP contribution is 2.30. The molecule has 2 aromatic heterocycles. The SMILES string of the molecule is Cc1ccc(-c2cnc3c(c2)C(=O)N([C@@H](C)CO)C[C@H](C)[C@@H](CN(C)C(=O)Cc2cccnc2)O3)cc1. The maximum Gasteiger partial charge on any atom is 0.259 e. The van der Waals surface area contributed by atoms with E-state index in [0.29, 0.717) is 18.7 Å². The molecule has 0 radical (unpaired) electrons. The summed E-state index contributed by atoms with van der Waals surface area (Å²) >= 11 is 0. The van der Waals surface area contributed by atoms with Crippen LogP contribution in [0.3, 0.4) is 0 Å². The second-order valence-electron chi connectivity index (χ2n) is 9.88. The van der Waals surface area contributed by atoms with Crippen molar-refractivity contribution in [2.24, 2.45) is 5.92 Å². The van der Waals surface area contributed by atoms with Crippen molar-refractivity contribution in [1.82, 2.24) is 19.8 Å². The van der Waals surface area contributed by atoms with Crippen LogP contribution in [0.15, 0.2) is 61.1 Å². The third kappa shape index (κ3) is 6.14. The van der Waals surface area contributed by atoms with Crippen molar-refractivity contribution in [2.75, 3.05) is 26.7 Å². The zero-order valence-electron chi connectivity index (χ0n) is 21.8. The Morgan fingerprint density at radius 2 is 1.97 bits per heavy atom. The van der Waals surface area contributed by atoms with Gasteiger partial charge in [0.05, 0.1) is 25.6 Å². The molecule has 0 saturated carbocycles. The van der Waals surface area contributed by atoms with Crippen LogP contribution in [-0.2, 0) is 11.2 Å². The number of carbonyl (C=O) groups excluding carboxylic acids is 2. The van der Waals surface area contributed by atoms with Gasteiger partial charge in [-0.15, -0.1) is 0 Å². The second kappa shape index (κ2) is 11.5. The number of pyridine rings is 2. The van der Waals surface area contributed by atoms with Gasteiger partial charge >= 0.3 is 0 Å². The highest BCUT2D eigenvalue weighted by Gasteiger charge is 2.34. The summed E-state index contributed by atoms with van der Waals surface area (Å²) in [5.41, 5.74) is 4.09. The number of aromatic nitrogens is 2. The number of benzene rings is 1. The van der Waals surface area contributed by atoms with Crippen LogP contribution < -0.4 is 4.74 Å². The lowest BCUT2D eigenvalue weighted by Gasteiger charge is -2.37. The standard InChI is InChI=1S/C29H34N4O4/c1-19-7-9-23(10-8-19)24-13-25-28(31-15-24)37-26(20(2)16-33(29(25)36)21(3)18-34)17-32(4)27(35)12-22-6-5-11-30-14-22/h5-11,13-15,20-21,26,34H,12,16-18H2,1-4H3/t20-,21-,26+/m0/s1.